The molecule has 35 heavy (non-hydrogen) atoms. The summed E-state index contributed by atoms with van der Waals surface area (Å²) in [5, 5.41) is 0.756. The van der Waals surface area contributed by atoms with Crippen LogP contribution in [-0.2, 0) is 17.8 Å². The Morgan fingerprint density at radius 3 is 2.74 bits per heavy atom. The first-order chi connectivity index (χ1) is 16.9. The van der Waals surface area contributed by atoms with Gasteiger partial charge < -0.3 is 19.8 Å². The number of allylic oxidation sites excluding steroid dienone is 1. The molecule has 3 heterocycles. The van der Waals surface area contributed by atoms with E-state index >= 15 is 0 Å². The van der Waals surface area contributed by atoms with Gasteiger partial charge >= 0.3 is 5.97 Å². The van der Waals surface area contributed by atoms with E-state index in [-0.39, 0.29) is 18.4 Å². The molecule has 178 valence electrons. The van der Waals surface area contributed by atoms with Crippen molar-refractivity contribution in [2.45, 2.75) is 26.4 Å². The van der Waals surface area contributed by atoms with E-state index < -0.39 is 5.97 Å². The summed E-state index contributed by atoms with van der Waals surface area (Å²) < 4.78 is 11.3. The fourth-order valence-electron chi connectivity index (χ4n) is 4.41. The number of carbonyl (C=O) groups is 1. The molecule has 0 amide bonds. The zero-order chi connectivity index (χ0) is 24.5. The van der Waals surface area contributed by atoms with Gasteiger partial charge in [-0.3, -0.25) is 0 Å². The van der Waals surface area contributed by atoms with Crippen LogP contribution in [0.2, 0.25) is 0 Å². The number of benzene rings is 1. The average molecular weight is 471 g/mol. The zero-order valence-electron chi connectivity index (χ0n) is 19.9. The van der Waals surface area contributed by atoms with Crippen LogP contribution in [0.1, 0.15) is 46.5 Å². The van der Waals surface area contributed by atoms with Gasteiger partial charge in [0.25, 0.3) is 0 Å². The van der Waals surface area contributed by atoms with Crippen molar-refractivity contribution in [1.29, 1.82) is 0 Å². The Bertz CT molecular complexity index is 1430. The summed E-state index contributed by atoms with van der Waals surface area (Å²) in [5.74, 6) is 1.39. The Labute approximate surface area is 202 Å². The van der Waals surface area contributed by atoms with Crippen molar-refractivity contribution in [2.75, 3.05) is 24.7 Å². The number of pyridine rings is 1. The number of furan rings is 1. The number of nitrogen functional groups attached to an aromatic ring is 1. The molecule has 1 aromatic carbocycles. The lowest BCUT2D eigenvalue weighted by molar-refractivity contribution is 0.0463. The molecular weight excluding hydrogens is 444 g/mol. The van der Waals surface area contributed by atoms with Crippen LogP contribution in [-0.4, -0.2) is 40.0 Å². The van der Waals surface area contributed by atoms with Gasteiger partial charge in [-0.05, 0) is 54.2 Å². The lowest BCUT2D eigenvalue weighted by atomic mass is 9.81. The highest BCUT2D eigenvalue weighted by atomic mass is 16.5. The number of para-hydroxylation sites is 1. The molecule has 0 aliphatic heterocycles. The van der Waals surface area contributed by atoms with Gasteiger partial charge in [0.05, 0.1) is 23.0 Å². The maximum atomic E-state index is 13.5. The molecule has 4 aromatic rings. The largest absolute Gasteiger partial charge is 0.465 e. The molecule has 9 nitrogen and oxygen atoms in total. The minimum Gasteiger partial charge on any atom is -0.465 e. The molecule has 3 aromatic heterocycles. The number of ether oxygens (including phenoxy) is 1. The van der Waals surface area contributed by atoms with E-state index in [9.17, 15) is 4.79 Å². The molecule has 1 unspecified atom stereocenters. The van der Waals surface area contributed by atoms with Crippen molar-refractivity contribution in [3.63, 3.8) is 0 Å². The molecule has 0 saturated heterocycles. The number of rotatable bonds is 5. The second kappa shape index (κ2) is 9.17. The number of nitrogens with two attached hydrogens (primary N) is 1. The molecule has 1 aliphatic rings. The summed E-state index contributed by atoms with van der Waals surface area (Å²) in [5.41, 5.74) is 9.80. The molecule has 0 spiro atoms. The topological polar surface area (TPSA) is 120 Å². The number of esters is 1. The number of carbonyl (C=O) groups excluding carboxylic acids is 1. The molecule has 0 bridgehead atoms. The molecule has 1 atom stereocenters. The third-order valence-corrected chi connectivity index (χ3v) is 5.90. The quantitative estimate of drug-likeness (QED) is 0.429. The van der Waals surface area contributed by atoms with Gasteiger partial charge in [0.2, 0.25) is 11.9 Å². The summed E-state index contributed by atoms with van der Waals surface area (Å²) in [6, 6.07) is 11.4. The number of nitrogens with zero attached hydrogens (tertiary/aromatic N) is 5. The number of anilines is 2. The predicted octanol–water partition coefficient (Wildman–Crippen LogP) is 4.14. The van der Waals surface area contributed by atoms with E-state index in [1.165, 1.54) is 0 Å². The van der Waals surface area contributed by atoms with Crippen LogP contribution < -0.4 is 10.6 Å². The van der Waals surface area contributed by atoms with E-state index in [2.05, 4.69) is 21.9 Å². The summed E-state index contributed by atoms with van der Waals surface area (Å²) in [7, 11) is 3.60. The van der Waals surface area contributed by atoms with E-state index in [0.717, 1.165) is 46.3 Å². The molecule has 1 aliphatic carbocycles. The highest BCUT2D eigenvalue weighted by Crippen LogP contribution is 2.38. The van der Waals surface area contributed by atoms with Crippen LogP contribution >= 0.6 is 0 Å². The van der Waals surface area contributed by atoms with Gasteiger partial charge in [0.15, 0.2) is 12.4 Å². The van der Waals surface area contributed by atoms with Crippen LogP contribution in [0.15, 0.2) is 47.1 Å². The molecule has 9 heteroatoms. The summed E-state index contributed by atoms with van der Waals surface area (Å²) in [6.45, 7) is 2.04. The standard InChI is InChI=1S/C26H26N6O3/c1-15-11-16(13-17-7-6-10-34-17)23-19(12-15)22(18-8-4-5-9-20(18)28-23)24(33)35-14-21-29-25(27)31-26(30-21)32(2)3/h4-10,13,15H,11-12,14H2,1-3H3,(H2,27,29,30,31)/b16-13+. The van der Waals surface area contributed by atoms with Gasteiger partial charge in [-0.1, -0.05) is 25.1 Å². The van der Waals surface area contributed by atoms with E-state index in [1.54, 1.807) is 25.3 Å². The maximum absolute atomic E-state index is 13.5. The van der Waals surface area contributed by atoms with Gasteiger partial charge in [0, 0.05) is 19.5 Å². The fraction of sp³-hybridized carbons (Fsp3) is 0.269. The fourth-order valence-corrected chi connectivity index (χ4v) is 4.41. The normalized spacial score (nSPS) is 16.3. The van der Waals surface area contributed by atoms with Gasteiger partial charge in [0.1, 0.15) is 5.76 Å². The molecule has 5 rings (SSSR count). The minimum atomic E-state index is -0.448. The summed E-state index contributed by atoms with van der Waals surface area (Å²) in [4.78, 5) is 32.7. The first kappa shape index (κ1) is 22.5. The maximum Gasteiger partial charge on any atom is 0.339 e. The number of hydrogen-bond acceptors (Lipinski definition) is 9. The number of fused-ring (bicyclic) bond motifs is 2. The Morgan fingerprint density at radius 1 is 1.14 bits per heavy atom. The van der Waals surface area contributed by atoms with E-state index in [4.69, 9.17) is 19.9 Å². The first-order valence-electron chi connectivity index (χ1n) is 11.4. The highest BCUT2D eigenvalue weighted by molar-refractivity contribution is 6.06. The van der Waals surface area contributed by atoms with Crippen molar-refractivity contribution in [1.82, 2.24) is 19.9 Å². The Balaban J connectivity index is 1.56. The summed E-state index contributed by atoms with van der Waals surface area (Å²) >= 11 is 0. The molecule has 0 saturated carbocycles. The highest BCUT2D eigenvalue weighted by Gasteiger charge is 2.29. The Hall–Kier alpha value is -4.27. The third kappa shape index (κ3) is 4.57. The van der Waals surface area contributed by atoms with Crippen molar-refractivity contribution in [2.24, 2.45) is 5.92 Å². The lowest BCUT2D eigenvalue weighted by Crippen LogP contribution is -2.20. The molecular formula is C26H26N6O3. The second-order valence-corrected chi connectivity index (χ2v) is 8.91. The van der Waals surface area contributed by atoms with Gasteiger partial charge in [-0.25, -0.2) is 9.78 Å². The van der Waals surface area contributed by atoms with E-state index in [1.807, 2.05) is 42.5 Å². The zero-order valence-corrected chi connectivity index (χ0v) is 19.9. The Kier molecular flexibility index (Phi) is 5.90. The average Bonchev–Trinajstić information content (AvgIpc) is 3.34. The van der Waals surface area contributed by atoms with Crippen LogP contribution in [0, 0.1) is 5.92 Å². The smallest absolute Gasteiger partial charge is 0.339 e. The van der Waals surface area contributed by atoms with Crippen LogP contribution in [0.3, 0.4) is 0 Å². The molecule has 0 fully saturated rings. The third-order valence-electron chi connectivity index (χ3n) is 5.90. The van der Waals surface area contributed by atoms with Crippen molar-refractivity contribution < 1.29 is 13.9 Å². The van der Waals surface area contributed by atoms with E-state index in [0.29, 0.717) is 17.4 Å². The lowest BCUT2D eigenvalue weighted by Gasteiger charge is -2.26. The van der Waals surface area contributed by atoms with Gasteiger partial charge in [-0.15, -0.1) is 0 Å². The number of aromatic nitrogens is 4. The predicted molar refractivity (Wildman–Crippen MR) is 133 cm³/mol. The van der Waals surface area contributed by atoms with Crippen molar-refractivity contribution in [3.05, 3.63) is 71.1 Å². The van der Waals surface area contributed by atoms with Crippen LogP contribution in [0.4, 0.5) is 11.9 Å². The van der Waals surface area contributed by atoms with Crippen molar-refractivity contribution in [3.8, 4) is 0 Å². The first-order valence-corrected chi connectivity index (χ1v) is 11.4. The second-order valence-electron chi connectivity index (χ2n) is 8.91. The SMILES string of the molecule is CC1C/C(=C\c2ccco2)c2nc3ccccc3c(C(=O)OCc3nc(N)nc(N(C)C)n3)c2C1. The van der Waals surface area contributed by atoms with Crippen molar-refractivity contribution >= 4 is 40.4 Å². The minimum absolute atomic E-state index is 0.0722. The van der Waals surface area contributed by atoms with Crippen LogP contribution in [0.25, 0.3) is 22.6 Å². The van der Waals surface area contributed by atoms with Crippen LogP contribution in [0.5, 0.6) is 0 Å². The molecule has 0 radical (unpaired) electrons. The summed E-state index contributed by atoms with van der Waals surface area (Å²) in [6.07, 6.45) is 5.20. The number of hydrogen-bond donors (Lipinski definition) is 1. The monoisotopic (exact) mass is 470 g/mol. The molecule has 2 N–H and O–H groups in total. The Morgan fingerprint density at radius 2 is 1.97 bits per heavy atom. The van der Waals surface area contributed by atoms with Gasteiger partial charge in [-0.2, -0.15) is 15.0 Å².